The van der Waals surface area contributed by atoms with Crippen LogP contribution in [0, 0.1) is 6.92 Å². The molecule has 0 aliphatic carbocycles. The number of hydrogen-bond donors (Lipinski definition) is 2. The Balaban J connectivity index is 1.41. The van der Waals surface area contributed by atoms with Gasteiger partial charge < -0.3 is 15.4 Å². The third kappa shape index (κ3) is 6.05. The molecule has 43 heavy (non-hydrogen) atoms. The number of rotatable bonds is 10. The zero-order valence-electron chi connectivity index (χ0n) is 24.2. The summed E-state index contributed by atoms with van der Waals surface area (Å²) in [6.07, 6.45) is 5.39. The fourth-order valence-electron chi connectivity index (χ4n) is 5.57. The van der Waals surface area contributed by atoms with E-state index in [1.165, 1.54) is 11.8 Å². The molecule has 5 aromatic rings. The molecule has 2 aromatic carbocycles. The summed E-state index contributed by atoms with van der Waals surface area (Å²) in [7, 11) is 0. The van der Waals surface area contributed by atoms with E-state index in [4.69, 9.17) is 17.0 Å². The second kappa shape index (κ2) is 12.8. The maximum Gasteiger partial charge on any atom is 0.263 e. The molecule has 1 aliphatic heterocycles. The van der Waals surface area contributed by atoms with E-state index in [1.54, 1.807) is 4.57 Å². The molecule has 0 saturated carbocycles. The molecule has 1 aliphatic rings. The Morgan fingerprint density at radius 3 is 2.67 bits per heavy atom. The van der Waals surface area contributed by atoms with Crippen LogP contribution in [-0.4, -0.2) is 67.6 Å². The maximum absolute atomic E-state index is 14.5. The third-order valence-electron chi connectivity index (χ3n) is 7.82. The van der Waals surface area contributed by atoms with Crippen LogP contribution in [0.1, 0.15) is 24.4 Å². The largest absolute Gasteiger partial charge is 0.379 e. The number of benzene rings is 2. The summed E-state index contributed by atoms with van der Waals surface area (Å²) in [6, 6.07) is 17.5. The number of pyridine rings is 1. The molecule has 1 atom stereocenters. The van der Waals surface area contributed by atoms with Crippen LogP contribution >= 0.6 is 12.2 Å². The van der Waals surface area contributed by atoms with Crippen LogP contribution in [0.2, 0.25) is 0 Å². The van der Waals surface area contributed by atoms with E-state index in [2.05, 4.69) is 36.7 Å². The Hall–Kier alpha value is -4.45. The van der Waals surface area contributed by atoms with Gasteiger partial charge in [0.05, 0.1) is 48.6 Å². The Kier molecular flexibility index (Phi) is 8.55. The number of morpholine rings is 1. The third-order valence-corrected chi connectivity index (χ3v) is 7.94. The number of thiocarbonyl (C=S) groups is 1. The van der Waals surface area contributed by atoms with Gasteiger partial charge in [-0.05, 0) is 43.0 Å². The number of hydrogen-bond acceptors (Lipinski definition) is 8. The molecule has 3 aromatic heterocycles. The van der Waals surface area contributed by atoms with Crippen molar-refractivity contribution in [2.45, 2.75) is 26.4 Å². The molecule has 0 spiro atoms. The fraction of sp³-hybridized carbons (Fsp3) is 0.281. The van der Waals surface area contributed by atoms with Gasteiger partial charge in [-0.2, -0.15) is 5.10 Å². The monoisotopic (exact) mass is 594 g/mol. The number of aryl methyl sites for hydroxylation is 1. The molecule has 0 radical (unpaired) electrons. The minimum Gasteiger partial charge on any atom is -0.379 e. The smallest absolute Gasteiger partial charge is 0.263 e. The van der Waals surface area contributed by atoms with Crippen molar-refractivity contribution in [3.63, 3.8) is 0 Å². The van der Waals surface area contributed by atoms with Crippen molar-refractivity contribution in [2.24, 2.45) is 0 Å². The molecule has 6 rings (SSSR count). The lowest BCUT2D eigenvalue weighted by Gasteiger charge is -2.26. The van der Waals surface area contributed by atoms with Crippen molar-refractivity contribution in [3.05, 3.63) is 95.1 Å². The predicted octanol–water partition coefficient (Wildman–Crippen LogP) is 4.83. The molecule has 0 bridgehead atoms. The van der Waals surface area contributed by atoms with E-state index in [1.807, 2.05) is 79.5 Å². The van der Waals surface area contributed by atoms with Gasteiger partial charge in [-0.15, -0.1) is 0 Å². The lowest BCUT2D eigenvalue weighted by atomic mass is 9.99. The van der Waals surface area contributed by atoms with E-state index in [0.29, 0.717) is 16.9 Å². The first-order valence-corrected chi connectivity index (χ1v) is 14.9. The van der Waals surface area contributed by atoms with Crippen molar-refractivity contribution in [1.82, 2.24) is 29.2 Å². The standard InChI is InChI=1S/C32H34N8O2S/c1-22(37-31-30(35-21-43)23(2)33-20-34-31)28-17-24-7-6-10-27(29(24)32(41)40(28)26-8-4-3-5-9-26)25-18-36-39(19-25)12-11-38-13-15-42-16-14-38/h3-10,17-22H,11-16H2,1-2H3,(H,35,43)(H,33,34,37)/t22-/m0/s1. The van der Waals surface area contributed by atoms with Crippen molar-refractivity contribution in [3.8, 4) is 16.8 Å². The van der Waals surface area contributed by atoms with Crippen LogP contribution in [0.5, 0.6) is 0 Å². The minimum atomic E-state index is -0.288. The Morgan fingerprint density at radius 2 is 1.88 bits per heavy atom. The topological polar surface area (TPSA) is 102 Å². The predicted molar refractivity (Wildman–Crippen MR) is 174 cm³/mol. The van der Waals surface area contributed by atoms with Crippen LogP contribution in [0.15, 0.2) is 78.1 Å². The van der Waals surface area contributed by atoms with Crippen molar-refractivity contribution in [2.75, 3.05) is 43.5 Å². The van der Waals surface area contributed by atoms with Crippen molar-refractivity contribution >= 4 is 40.0 Å². The lowest BCUT2D eigenvalue weighted by Crippen LogP contribution is -2.38. The SMILES string of the molecule is Cc1ncnc(N[C@@H](C)c2cc3cccc(-c4cnn(CCN5CCOCC5)c4)c3c(=O)n2-c2ccccc2)c1NC=S. The van der Waals surface area contributed by atoms with Crippen molar-refractivity contribution < 1.29 is 4.74 Å². The first kappa shape index (κ1) is 28.7. The van der Waals surface area contributed by atoms with E-state index in [0.717, 1.165) is 73.0 Å². The van der Waals surface area contributed by atoms with Gasteiger partial charge in [-0.1, -0.05) is 48.6 Å². The summed E-state index contributed by atoms with van der Waals surface area (Å²) in [5.74, 6) is 0.603. The van der Waals surface area contributed by atoms with Crippen LogP contribution in [0.25, 0.3) is 27.6 Å². The van der Waals surface area contributed by atoms with E-state index >= 15 is 0 Å². The number of ether oxygens (including phenoxy) is 1. The van der Waals surface area contributed by atoms with Gasteiger partial charge in [0.2, 0.25) is 0 Å². The quantitative estimate of drug-likeness (QED) is 0.220. The zero-order valence-corrected chi connectivity index (χ0v) is 25.1. The van der Waals surface area contributed by atoms with Gasteiger partial charge in [-0.25, -0.2) is 9.97 Å². The number of fused-ring (bicyclic) bond motifs is 1. The highest BCUT2D eigenvalue weighted by molar-refractivity contribution is 7.79. The van der Waals surface area contributed by atoms with Crippen LogP contribution in [0.3, 0.4) is 0 Å². The minimum absolute atomic E-state index is 0.0971. The highest BCUT2D eigenvalue weighted by atomic mass is 32.1. The molecule has 1 saturated heterocycles. The van der Waals surface area contributed by atoms with E-state index in [9.17, 15) is 4.79 Å². The average Bonchev–Trinajstić information content (AvgIpc) is 3.51. The van der Waals surface area contributed by atoms with E-state index < -0.39 is 0 Å². The Labute approximate surface area is 255 Å². The molecule has 220 valence electrons. The van der Waals surface area contributed by atoms with Gasteiger partial charge in [0, 0.05) is 42.8 Å². The van der Waals surface area contributed by atoms with Crippen molar-refractivity contribution in [1.29, 1.82) is 0 Å². The van der Waals surface area contributed by atoms with Crippen LogP contribution < -0.4 is 16.2 Å². The maximum atomic E-state index is 14.5. The average molecular weight is 595 g/mol. The molecule has 2 N–H and O–H groups in total. The fourth-order valence-corrected chi connectivity index (χ4v) is 5.69. The summed E-state index contributed by atoms with van der Waals surface area (Å²) in [5, 5.41) is 12.7. The number of nitrogens with one attached hydrogen (secondary N) is 2. The second-order valence-corrected chi connectivity index (χ2v) is 10.8. The highest BCUT2D eigenvalue weighted by Crippen LogP contribution is 2.31. The summed E-state index contributed by atoms with van der Waals surface area (Å²) < 4.78 is 9.20. The summed E-state index contributed by atoms with van der Waals surface area (Å²) in [4.78, 5) is 25.6. The Morgan fingerprint density at radius 1 is 1.07 bits per heavy atom. The number of nitrogens with zero attached hydrogens (tertiary/aromatic N) is 6. The van der Waals surface area contributed by atoms with Gasteiger partial charge in [0.25, 0.3) is 5.56 Å². The van der Waals surface area contributed by atoms with Gasteiger partial charge in [0.1, 0.15) is 12.0 Å². The normalized spacial score (nSPS) is 14.5. The molecule has 11 heteroatoms. The van der Waals surface area contributed by atoms with Crippen LogP contribution in [-0.2, 0) is 11.3 Å². The van der Waals surface area contributed by atoms with Gasteiger partial charge in [-0.3, -0.25) is 18.9 Å². The molecule has 10 nitrogen and oxygen atoms in total. The number of aromatic nitrogens is 5. The second-order valence-electron chi connectivity index (χ2n) is 10.6. The van der Waals surface area contributed by atoms with Gasteiger partial charge in [0.15, 0.2) is 5.82 Å². The summed E-state index contributed by atoms with van der Waals surface area (Å²) in [5.41, 5.74) is 6.15. The highest BCUT2D eigenvalue weighted by Gasteiger charge is 2.21. The zero-order chi connectivity index (χ0) is 29.8. The molecular weight excluding hydrogens is 560 g/mol. The first-order valence-electron chi connectivity index (χ1n) is 14.4. The first-order chi connectivity index (χ1) is 21.0. The summed E-state index contributed by atoms with van der Waals surface area (Å²) >= 11 is 5.04. The molecule has 4 heterocycles. The van der Waals surface area contributed by atoms with E-state index in [-0.39, 0.29) is 11.6 Å². The number of para-hydroxylation sites is 1. The Bertz CT molecular complexity index is 1800. The molecular formula is C32H34N8O2S. The lowest BCUT2D eigenvalue weighted by molar-refractivity contribution is 0.0360. The molecule has 1 fully saturated rings. The van der Waals surface area contributed by atoms with Crippen LogP contribution in [0.4, 0.5) is 11.5 Å². The molecule has 0 amide bonds. The molecule has 0 unspecified atom stereocenters. The number of anilines is 2. The van der Waals surface area contributed by atoms with Gasteiger partial charge >= 0.3 is 0 Å². The summed E-state index contributed by atoms with van der Waals surface area (Å²) in [6.45, 7) is 9.00.